The number of primary amides is 1. The van der Waals surface area contributed by atoms with Gasteiger partial charge in [-0.1, -0.05) is 60.1 Å². The van der Waals surface area contributed by atoms with E-state index in [2.05, 4.69) is 76.1 Å². The van der Waals surface area contributed by atoms with E-state index in [1.165, 1.54) is 36.0 Å². The quantitative estimate of drug-likeness (QED) is 0.0125. The largest absolute Gasteiger partial charge is 0.508 e. The van der Waals surface area contributed by atoms with Crippen molar-refractivity contribution in [1.82, 2.24) is 58.5 Å². The van der Waals surface area contributed by atoms with Gasteiger partial charge in [-0.25, -0.2) is 4.79 Å². The summed E-state index contributed by atoms with van der Waals surface area (Å²) >= 11 is 5.50. The van der Waals surface area contributed by atoms with E-state index in [0.717, 1.165) is 6.92 Å². The van der Waals surface area contributed by atoms with Crippen molar-refractivity contribution >= 4 is 119 Å². The summed E-state index contributed by atoms with van der Waals surface area (Å²) in [5.74, 6) is -18.5. The Hall–Kier alpha value is -9.04. The van der Waals surface area contributed by atoms with E-state index in [-0.39, 0.29) is 62.0 Å². The number of carboxylic acid groups (broad SMARTS) is 3. The summed E-state index contributed by atoms with van der Waals surface area (Å²) in [6.07, 6.45) is -3.68. The van der Waals surface area contributed by atoms with Gasteiger partial charge in [0.15, 0.2) is 5.96 Å². The Morgan fingerprint density at radius 1 is 0.520 bits per heavy atom. The molecule has 0 saturated heterocycles. The van der Waals surface area contributed by atoms with Crippen LogP contribution < -0.4 is 81.4 Å². The minimum atomic E-state index is -1.83. The molecule has 0 aliphatic heterocycles. The molecule has 0 fully saturated rings. The highest BCUT2D eigenvalue weighted by Crippen LogP contribution is 2.15. The number of nitrogens with one attached hydrogen (secondary N) is 11. The van der Waals surface area contributed by atoms with Crippen LogP contribution in [0.4, 0.5) is 0 Å². The molecular formula is C60H98N16O20S2. The number of benzene rings is 1. The van der Waals surface area contributed by atoms with E-state index in [1.807, 2.05) is 0 Å². The summed E-state index contributed by atoms with van der Waals surface area (Å²) in [6.45, 7) is 9.96. The maximum Gasteiger partial charge on any atom is 0.326 e. The Bertz CT molecular complexity index is 2940. The van der Waals surface area contributed by atoms with Gasteiger partial charge in [-0.15, -0.1) is 0 Å². The minimum Gasteiger partial charge on any atom is -0.508 e. The number of aliphatic imine (C=N–C) groups is 1. The van der Waals surface area contributed by atoms with Gasteiger partial charge >= 0.3 is 17.9 Å². The Morgan fingerprint density at radius 2 is 0.959 bits per heavy atom. The molecule has 0 aromatic heterocycles. The van der Waals surface area contributed by atoms with E-state index in [1.54, 1.807) is 47.8 Å². The molecule has 1 aromatic carbocycles. The van der Waals surface area contributed by atoms with E-state index in [9.17, 15) is 97.5 Å². The van der Waals surface area contributed by atoms with Crippen LogP contribution in [-0.4, -0.2) is 224 Å². The molecule has 0 radical (unpaired) electrons. The van der Waals surface area contributed by atoms with Crippen molar-refractivity contribution in [3.63, 3.8) is 0 Å². The number of nitrogens with two attached hydrogens (primary N) is 4. The molecule has 38 heteroatoms. The average molecular weight is 1430 g/mol. The second kappa shape index (κ2) is 44.7. The molecule has 550 valence electrons. The van der Waals surface area contributed by atoms with Gasteiger partial charge in [-0.3, -0.25) is 72.1 Å². The van der Waals surface area contributed by atoms with Gasteiger partial charge in [-0.2, -0.15) is 24.4 Å². The summed E-state index contributed by atoms with van der Waals surface area (Å²) < 4.78 is 0. The molecule has 0 aliphatic carbocycles. The number of carbonyl (C=O) groups is 15. The highest BCUT2D eigenvalue weighted by Gasteiger charge is 2.38. The number of aliphatic hydroxyl groups is 1. The molecule has 98 heavy (non-hydrogen) atoms. The van der Waals surface area contributed by atoms with E-state index < -0.39 is 224 Å². The fourth-order valence-electron chi connectivity index (χ4n) is 9.00. The lowest BCUT2D eigenvalue weighted by atomic mass is 9.97. The maximum absolute atomic E-state index is 14.1. The van der Waals surface area contributed by atoms with Crippen LogP contribution in [0.3, 0.4) is 0 Å². The van der Waals surface area contributed by atoms with Crippen LogP contribution in [0.5, 0.6) is 5.75 Å². The van der Waals surface area contributed by atoms with Gasteiger partial charge in [0.25, 0.3) is 0 Å². The zero-order chi connectivity index (χ0) is 74.7. The molecule has 36 nitrogen and oxygen atoms in total. The number of aromatic hydroxyl groups is 1. The topological polar surface area (TPSA) is 606 Å². The number of aliphatic carboxylic acids is 3. The summed E-state index contributed by atoms with van der Waals surface area (Å²) in [5, 5.41) is 76.0. The molecule has 0 saturated carbocycles. The number of aliphatic hydroxyl groups excluding tert-OH is 1. The lowest BCUT2D eigenvalue weighted by Gasteiger charge is -2.29. The maximum atomic E-state index is 14.1. The lowest BCUT2D eigenvalue weighted by Crippen LogP contribution is -2.62. The fraction of sp³-hybridized carbons (Fsp3) is 0.633. The predicted molar refractivity (Wildman–Crippen MR) is 359 cm³/mol. The van der Waals surface area contributed by atoms with Gasteiger partial charge in [0, 0.05) is 38.0 Å². The molecule has 0 spiro atoms. The number of thioether (sulfide) groups is 1. The van der Waals surface area contributed by atoms with Crippen molar-refractivity contribution in [2.75, 3.05) is 30.9 Å². The Kier molecular flexibility index (Phi) is 39.7. The van der Waals surface area contributed by atoms with Crippen molar-refractivity contribution in [2.45, 2.75) is 192 Å². The molecule has 24 N–H and O–H groups in total. The first-order valence-corrected chi connectivity index (χ1v) is 33.5. The van der Waals surface area contributed by atoms with Crippen LogP contribution in [0, 0.1) is 17.8 Å². The van der Waals surface area contributed by atoms with Gasteiger partial charge in [0.1, 0.15) is 66.2 Å². The third kappa shape index (κ3) is 32.8. The Labute approximate surface area is 576 Å². The first-order chi connectivity index (χ1) is 45.9. The summed E-state index contributed by atoms with van der Waals surface area (Å²) in [7, 11) is 0. The van der Waals surface area contributed by atoms with Crippen LogP contribution >= 0.6 is 24.4 Å². The van der Waals surface area contributed by atoms with Gasteiger partial charge < -0.3 is 107 Å². The predicted octanol–water partition coefficient (Wildman–Crippen LogP) is -5.22. The van der Waals surface area contributed by atoms with Crippen molar-refractivity contribution < 1.29 is 97.5 Å². The average Bonchev–Trinajstić information content (AvgIpc) is 0.862. The smallest absolute Gasteiger partial charge is 0.326 e. The number of hydrogen-bond donors (Lipinski definition) is 21. The SMILES string of the molecule is CC[C@H](C)[C@H](NC(=O)[C@H](CS)NC(=O)[C@H](CCSC)NC(=O)[C@H](CCC(N)=O)NC(=O)[C@H](CCC(=O)O)NC(=O)[C@@H](NC(=O)[C@@H](N)C(C)C)C(C)C)C(=O)N[C@H](C(=O)NCC(=O)N[C@@H](Cc1ccc(O)cc1)C(=O)N[C@@H](CCC(=O)O)C(=O)N[C@@H](CCCN=C(N)N)C(=O)O)[C@@H](C)O. The number of carbonyl (C=O) groups excluding carboxylic acids is 12. The Balaban J connectivity index is 3.45. The van der Waals surface area contributed by atoms with Crippen LogP contribution in [0.15, 0.2) is 29.3 Å². The number of guanidine groups is 1. The van der Waals surface area contributed by atoms with Crippen LogP contribution in [0.25, 0.3) is 0 Å². The first-order valence-electron chi connectivity index (χ1n) is 31.5. The lowest BCUT2D eigenvalue weighted by molar-refractivity contribution is -0.143. The molecule has 1 rings (SSSR count). The second-order valence-electron chi connectivity index (χ2n) is 23.8. The van der Waals surface area contributed by atoms with Crippen molar-refractivity contribution in [3.8, 4) is 5.75 Å². The molecule has 12 amide bonds. The number of amides is 12. The minimum absolute atomic E-state index is 0.00282. The zero-order valence-corrected chi connectivity index (χ0v) is 57.8. The van der Waals surface area contributed by atoms with Crippen LogP contribution in [0.2, 0.25) is 0 Å². The molecule has 0 bridgehead atoms. The van der Waals surface area contributed by atoms with Crippen LogP contribution in [-0.2, 0) is 78.3 Å². The van der Waals surface area contributed by atoms with Gasteiger partial charge in [0.2, 0.25) is 70.9 Å². The molecular weight excluding hydrogens is 1330 g/mol. The summed E-state index contributed by atoms with van der Waals surface area (Å²) in [4.78, 5) is 203. The third-order valence-corrected chi connectivity index (χ3v) is 16.1. The monoisotopic (exact) mass is 1430 g/mol. The fourth-order valence-corrected chi connectivity index (χ4v) is 9.73. The standard InChI is InChI=1S/C60H98N16O20S2/c1-9-30(6)47(58(94)76-48(31(7)77)56(92)66-26-42(80)67-39(25-32-12-14-33(78)15-13-32)53(89)69-35(17-20-43(81)82)51(87)72-38(59(95)96)11-10-23-65-60(63)64)75-54(90)40(27-97)73-52(88)37(22-24-98-8)70-49(85)34(16-19-41(61)79)68-50(86)36(18-21-44(83)84)71-57(93)46(29(4)5)74-55(91)45(62)28(2)3/h12-15,28-31,34-40,45-48,77-78,97H,9-11,16-27,62H2,1-8H3,(H2,61,79)(H,66,92)(H,67,80)(H,68,86)(H,69,89)(H,70,85)(H,71,93)(H,72,87)(H,73,88)(H,74,91)(H,75,90)(H,76,94)(H,81,82)(H,83,84)(H,95,96)(H4,63,64,65)/t30-,31+,34-,35-,36-,37-,38-,39-,40-,45-,46-,47-,48-/m0/s1. The van der Waals surface area contributed by atoms with Crippen LogP contribution in [0.1, 0.15) is 118 Å². The Morgan fingerprint density at radius 3 is 1.40 bits per heavy atom. The van der Waals surface area contributed by atoms with E-state index in [0.29, 0.717) is 5.56 Å². The highest BCUT2D eigenvalue weighted by atomic mass is 32.2. The summed E-state index contributed by atoms with van der Waals surface area (Å²) in [6, 6.07) is -11.4. The number of thiol groups is 1. The number of rotatable bonds is 47. The number of phenolic OH excluding ortho intramolecular Hbond substituents is 1. The summed E-state index contributed by atoms with van der Waals surface area (Å²) in [5.41, 5.74) is 22.4. The van der Waals surface area contributed by atoms with Crippen molar-refractivity contribution in [1.29, 1.82) is 0 Å². The zero-order valence-electron chi connectivity index (χ0n) is 56.0. The number of phenols is 1. The normalized spacial score (nSPS) is 15.1. The van der Waals surface area contributed by atoms with Crippen molar-refractivity contribution in [2.24, 2.45) is 45.7 Å². The number of hydrogen-bond acceptors (Lipinski definition) is 21. The first kappa shape index (κ1) is 87.0. The van der Waals surface area contributed by atoms with Gasteiger partial charge in [0.05, 0.1) is 18.7 Å². The van der Waals surface area contributed by atoms with Crippen molar-refractivity contribution in [3.05, 3.63) is 29.8 Å². The van der Waals surface area contributed by atoms with E-state index >= 15 is 0 Å². The van der Waals surface area contributed by atoms with E-state index in [4.69, 9.17) is 22.9 Å². The second-order valence-corrected chi connectivity index (χ2v) is 25.1. The highest BCUT2D eigenvalue weighted by molar-refractivity contribution is 7.98. The number of carboxylic acids is 3. The molecule has 0 aliphatic rings. The number of nitrogens with zero attached hydrogens (tertiary/aromatic N) is 1. The molecule has 13 atom stereocenters. The molecule has 1 aromatic rings. The molecule has 0 heterocycles. The molecule has 0 unspecified atom stereocenters. The van der Waals surface area contributed by atoms with Gasteiger partial charge in [-0.05, 0) is 92.9 Å². The third-order valence-electron chi connectivity index (χ3n) is 15.1.